The van der Waals surface area contributed by atoms with Crippen LogP contribution in [0.5, 0.6) is 0 Å². The number of hydrogen-bond donors (Lipinski definition) is 0. The fourth-order valence-corrected chi connectivity index (χ4v) is 1.23. The molecule has 2 aromatic rings. The van der Waals surface area contributed by atoms with Gasteiger partial charge in [0.25, 0.3) is 0 Å². The Labute approximate surface area is 61.3 Å². The van der Waals surface area contributed by atoms with E-state index in [1.807, 2.05) is 6.07 Å². The summed E-state index contributed by atoms with van der Waals surface area (Å²) >= 11 is 1.50. The summed E-state index contributed by atoms with van der Waals surface area (Å²) in [6.07, 6.45) is 3.28. The van der Waals surface area contributed by atoms with E-state index in [0.717, 1.165) is 10.6 Å². The van der Waals surface area contributed by atoms with Crippen LogP contribution in [0.4, 0.5) is 0 Å². The minimum absolute atomic E-state index is 0.897. The lowest BCUT2D eigenvalue weighted by Gasteiger charge is -1.80. The van der Waals surface area contributed by atoms with Crippen molar-refractivity contribution in [2.75, 3.05) is 0 Å². The van der Waals surface area contributed by atoms with Gasteiger partial charge in [0.05, 0.1) is 11.8 Å². The van der Waals surface area contributed by atoms with Crippen LogP contribution in [0.2, 0.25) is 0 Å². The lowest BCUT2D eigenvalue weighted by atomic mass is 10.4. The Hall–Kier alpha value is -1.16. The minimum Gasteiger partial charge on any atom is -0.472 e. The van der Waals surface area contributed by atoms with Gasteiger partial charge in [0, 0.05) is 0 Å². The second-order valence-corrected chi connectivity index (χ2v) is 2.59. The quantitative estimate of drug-likeness (QED) is 0.625. The normalized spacial score (nSPS) is 10.0. The molecule has 2 aromatic heterocycles. The lowest BCUT2D eigenvalue weighted by Crippen LogP contribution is -1.69. The minimum atomic E-state index is 0.897. The molecule has 0 aromatic carbocycles. The molecule has 50 valence electrons. The summed E-state index contributed by atoms with van der Waals surface area (Å²) in [5.41, 5.74) is 2.69. The Kier molecular flexibility index (Phi) is 1.25. The smallest absolute Gasteiger partial charge is 0.150 e. The molecule has 0 saturated carbocycles. The van der Waals surface area contributed by atoms with E-state index in [9.17, 15) is 0 Å². The summed E-state index contributed by atoms with van der Waals surface area (Å²) in [7, 11) is 0. The third-order valence-electron chi connectivity index (χ3n) is 1.13. The van der Waals surface area contributed by atoms with E-state index >= 15 is 0 Å². The van der Waals surface area contributed by atoms with Crippen LogP contribution in [0.25, 0.3) is 10.6 Å². The average molecular weight is 152 g/mol. The number of furan rings is 1. The van der Waals surface area contributed by atoms with E-state index in [4.69, 9.17) is 4.42 Å². The second-order valence-electron chi connectivity index (χ2n) is 1.76. The van der Waals surface area contributed by atoms with Crippen molar-refractivity contribution in [1.29, 1.82) is 0 Å². The maximum Gasteiger partial charge on any atom is 0.150 e. The molecule has 2 heterocycles. The third kappa shape index (κ3) is 0.823. The van der Waals surface area contributed by atoms with Gasteiger partial charge in [-0.3, -0.25) is 0 Å². The predicted molar refractivity (Wildman–Crippen MR) is 37.6 cm³/mol. The highest BCUT2D eigenvalue weighted by molar-refractivity contribution is 7.12. The molecule has 0 aliphatic rings. The summed E-state index contributed by atoms with van der Waals surface area (Å²) in [5, 5.41) is 8.47. The first-order valence-electron chi connectivity index (χ1n) is 2.75. The Morgan fingerprint density at radius 1 is 1.50 bits per heavy atom. The maximum absolute atomic E-state index is 4.88. The highest BCUT2D eigenvalue weighted by Crippen LogP contribution is 2.19. The number of rotatable bonds is 1. The summed E-state index contributed by atoms with van der Waals surface area (Å²) < 4.78 is 4.88. The van der Waals surface area contributed by atoms with Gasteiger partial charge in [-0.25, -0.2) is 0 Å². The zero-order valence-electron chi connectivity index (χ0n) is 5.02. The van der Waals surface area contributed by atoms with Gasteiger partial charge in [0.2, 0.25) is 0 Å². The maximum atomic E-state index is 4.88. The first-order chi connectivity index (χ1) is 4.97. The van der Waals surface area contributed by atoms with Crippen LogP contribution in [-0.4, -0.2) is 10.2 Å². The van der Waals surface area contributed by atoms with Crippen LogP contribution in [0.15, 0.2) is 28.5 Å². The highest BCUT2D eigenvalue weighted by Gasteiger charge is 2.00. The van der Waals surface area contributed by atoms with Crippen LogP contribution >= 0.6 is 11.3 Å². The Morgan fingerprint density at radius 3 is 3.10 bits per heavy atom. The van der Waals surface area contributed by atoms with Gasteiger partial charge in [-0.15, -0.1) is 10.2 Å². The number of nitrogens with zero attached hydrogens (tertiary/aromatic N) is 2. The molecule has 0 N–H and O–H groups in total. The molecule has 3 nitrogen and oxygen atoms in total. The first-order valence-corrected chi connectivity index (χ1v) is 3.63. The Morgan fingerprint density at radius 2 is 2.50 bits per heavy atom. The molecule has 10 heavy (non-hydrogen) atoms. The Balaban J connectivity index is 2.48. The van der Waals surface area contributed by atoms with Crippen LogP contribution in [0.1, 0.15) is 0 Å². The van der Waals surface area contributed by atoms with E-state index in [0.29, 0.717) is 0 Å². The number of hydrogen-bond acceptors (Lipinski definition) is 4. The molecule has 0 bridgehead atoms. The van der Waals surface area contributed by atoms with Crippen molar-refractivity contribution in [3.63, 3.8) is 0 Å². The van der Waals surface area contributed by atoms with E-state index in [1.54, 1.807) is 18.0 Å². The fraction of sp³-hybridized carbons (Fsp3) is 0. The lowest BCUT2D eigenvalue weighted by molar-refractivity contribution is 0.568. The Bertz CT molecular complexity index is 255. The molecule has 4 heteroatoms. The van der Waals surface area contributed by atoms with Crippen LogP contribution < -0.4 is 0 Å². The van der Waals surface area contributed by atoms with Crippen molar-refractivity contribution in [3.8, 4) is 10.6 Å². The first kappa shape index (κ1) is 5.61. The molecule has 0 aliphatic heterocycles. The molecule has 0 spiro atoms. The van der Waals surface area contributed by atoms with Crippen molar-refractivity contribution in [1.82, 2.24) is 10.2 Å². The molecule has 0 radical (unpaired) electrons. The summed E-state index contributed by atoms with van der Waals surface area (Å²) in [6.45, 7) is 0. The van der Waals surface area contributed by atoms with Crippen LogP contribution in [-0.2, 0) is 0 Å². The molecule has 0 amide bonds. The van der Waals surface area contributed by atoms with Crippen molar-refractivity contribution in [3.05, 3.63) is 24.1 Å². The van der Waals surface area contributed by atoms with Gasteiger partial charge in [-0.2, -0.15) is 0 Å². The van der Waals surface area contributed by atoms with E-state index in [2.05, 4.69) is 10.2 Å². The highest BCUT2D eigenvalue weighted by atomic mass is 32.1. The second kappa shape index (κ2) is 2.22. The number of aromatic nitrogens is 2. The summed E-state index contributed by atoms with van der Waals surface area (Å²) in [6, 6.07) is 1.86. The zero-order chi connectivity index (χ0) is 6.81. The molecular formula is C6H4N2OS. The van der Waals surface area contributed by atoms with Crippen LogP contribution in [0.3, 0.4) is 0 Å². The SMILES string of the molecule is c1cc(-c2nncs2)co1. The molecule has 0 atom stereocenters. The van der Waals surface area contributed by atoms with Gasteiger partial charge >= 0.3 is 0 Å². The summed E-state index contributed by atoms with van der Waals surface area (Å²) in [4.78, 5) is 0. The van der Waals surface area contributed by atoms with Gasteiger partial charge < -0.3 is 4.42 Å². The predicted octanol–water partition coefficient (Wildman–Crippen LogP) is 1.80. The van der Waals surface area contributed by atoms with Crippen molar-refractivity contribution in [2.45, 2.75) is 0 Å². The van der Waals surface area contributed by atoms with E-state index in [1.165, 1.54) is 11.3 Å². The molecule has 2 rings (SSSR count). The van der Waals surface area contributed by atoms with Crippen LogP contribution in [0, 0.1) is 0 Å². The molecule has 0 fully saturated rings. The van der Waals surface area contributed by atoms with E-state index < -0.39 is 0 Å². The third-order valence-corrected chi connectivity index (χ3v) is 1.87. The monoisotopic (exact) mass is 152 g/mol. The van der Waals surface area contributed by atoms with Crippen molar-refractivity contribution in [2.24, 2.45) is 0 Å². The molecule has 0 saturated heterocycles. The molecule has 0 aliphatic carbocycles. The zero-order valence-corrected chi connectivity index (χ0v) is 5.84. The standard InChI is InChI=1S/C6H4N2OS/c1-2-9-3-5(1)6-8-7-4-10-6/h1-4H. The van der Waals surface area contributed by atoms with Crippen molar-refractivity contribution < 1.29 is 4.42 Å². The fourth-order valence-electron chi connectivity index (χ4n) is 0.685. The molecular weight excluding hydrogens is 148 g/mol. The van der Waals surface area contributed by atoms with Crippen molar-refractivity contribution >= 4 is 11.3 Å². The average Bonchev–Trinajstić information content (AvgIpc) is 2.59. The summed E-state index contributed by atoms with van der Waals surface area (Å²) in [5.74, 6) is 0. The van der Waals surface area contributed by atoms with Gasteiger partial charge in [-0.05, 0) is 6.07 Å². The van der Waals surface area contributed by atoms with E-state index in [-0.39, 0.29) is 0 Å². The largest absolute Gasteiger partial charge is 0.472 e. The van der Waals surface area contributed by atoms with Gasteiger partial charge in [0.1, 0.15) is 11.8 Å². The molecule has 0 unspecified atom stereocenters. The van der Waals surface area contributed by atoms with Gasteiger partial charge in [-0.1, -0.05) is 11.3 Å². The topological polar surface area (TPSA) is 38.9 Å². The van der Waals surface area contributed by atoms with Gasteiger partial charge in [0.15, 0.2) is 5.01 Å².